The molecule has 0 fully saturated rings. The van der Waals surface area contributed by atoms with Crippen molar-refractivity contribution in [1.82, 2.24) is 0 Å². The number of carbonyl (C=O) groups is 1. The van der Waals surface area contributed by atoms with Gasteiger partial charge in [0.25, 0.3) is 5.91 Å². The number of nitrogen functional groups attached to an aromatic ring is 1. The Morgan fingerprint density at radius 3 is 2.47 bits per heavy atom. The van der Waals surface area contributed by atoms with Crippen LogP contribution in [0.3, 0.4) is 0 Å². The third kappa shape index (κ3) is 2.88. The van der Waals surface area contributed by atoms with E-state index in [0.29, 0.717) is 0 Å². The molecule has 2 rings (SSSR count). The Hall–Kier alpha value is -2.43. The van der Waals surface area contributed by atoms with E-state index in [1.807, 2.05) is 0 Å². The second kappa shape index (κ2) is 5.06. The van der Waals surface area contributed by atoms with Gasteiger partial charge in [0.1, 0.15) is 11.6 Å². The molecule has 0 aromatic heterocycles. The lowest BCUT2D eigenvalue weighted by molar-refractivity contribution is 0.102. The van der Waals surface area contributed by atoms with Crippen LogP contribution in [0, 0.1) is 18.6 Å². The molecule has 1 amide bonds. The zero-order valence-electron chi connectivity index (χ0n) is 10.2. The molecular weight excluding hydrogens is 250 g/mol. The number of rotatable bonds is 2. The van der Waals surface area contributed by atoms with Crippen LogP contribution in [0.4, 0.5) is 20.2 Å². The topological polar surface area (TPSA) is 55.1 Å². The molecule has 98 valence electrons. The van der Waals surface area contributed by atoms with Gasteiger partial charge in [-0.1, -0.05) is 6.07 Å². The first-order chi connectivity index (χ1) is 8.97. The summed E-state index contributed by atoms with van der Waals surface area (Å²) in [5.41, 5.74) is 6.31. The average molecular weight is 262 g/mol. The molecule has 3 nitrogen and oxygen atoms in total. The van der Waals surface area contributed by atoms with Gasteiger partial charge in [0, 0.05) is 5.56 Å². The van der Waals surface area contributed by atoms with E-state index in [0.717, 1.165) is 11.6 Å². The summed E-state index contributed by atoms with van der Waals surface area (Å²) in [5, 5.41) is 2.42. The smallest absolute Gasteiger partial charge is 0.255 e. The first kappa shape index (κ1) is 13.0. The molecule has 0 spiro atoms. The van der Waals surface area contributed by atoms with Crippen LogP contribution in [0.5, 0.6) is 0 Å². The lowest BCUT2D eigenvalue weighted by Gasteiger charge is -2.08. The van der Waals surface area contributed by atoms with Gasteiger partial charge in [-0.05, 0) is 42.8 Å². The highest BCUT2D eigenvalue weighted by Crippen LogP contribution is 2.18. The van der Waals surface area contributed by atoms with Crippen LogP contribution in [-0.4, -0.2) is 5.91 Å². The fourth-order valence-electron chi connectivity index (χ4n) is 1.61. The maximum Gasteiger partial charge on any atom is 0.255 e. The van der Waals surface area contributed by atoms with Crippen LogP contribution in [0.2, 0.25) is 0 Å². The average Bonchev–Trinajstić information content (AvgIpc) is 2.37. The molecule has 5 heteroatoms. The van der Waals surface area contributed by atoms with E-state index in [9.17, 15) is 13.6 Å². The summed E-state index contributed by atoms with van der Waals surface area (Å²) in [6.07, 6.45) is 0. The maximum atomic E-state index is 13.5. The largest absolute Gasteiger partial charge is 0.396 e. The number of anilines is 2. The third-order valence-corrected chi connectivity index (χ3v) is 2.63. The minimum atomic E-state index is -0.599. The second-order valence-electron chi connectivity index (χ2n) is 4.17. The molecule has 0 radical (unpaired) electrons. The molecule has 0 aliphatic rings. The Labute approximate surface area is 109 Å². The van der Waals surface area contributed by atoms with Gasteiger partial charge in [0.15, 0.2) is 0 Å². The number of hydrogen-bond donors (Lipinski definition) is 2. The van der Waals surface area contributed by atoms with Crippen molar-refractivity contribution in [2.24, 2.45) is 0 Å². The fourth-order valence-corrected chi connectivity index (χ4v) is 1.61. The number of hydrogen-bond acceptors (Lipinski definition) is 2. The Bertz CT molecular complexity index is 641. The predicted molar refractivity (Wildman–Crippen MR) is 69.9 cm³/mol. The van der Waals surface area contributed by atoms with Gasteiger partial charge in [0.05, 0.1) is 11.4 Å². The number of amides is 1. The molecule has 0 saturated heterocycles. The number of halogens is 2. The standard InChI is InChI=1S/C14H12F2N2O/c1-8-2-4-11(16)13(6-8)18-14(19)9-3-5-10(15)12(17)7-9/h2-7H,17H2,1H3,(H,18,19). The molecule has 0 heterocycles. The molecule has 19 heavy (non-hydrogen) atoms. The van der Waals surface area contributed by atoms with Crippen LogP contribution in [0.15, 0.2) is 36.4 Å². The Morgan fingerprint density at radius 1 is 1.11 bits per heavy atom. The highest BCUT2D eigenvalue weighted by Gasteiger charge is 2.11. The Kier molecular flexibility index (Phi) is 3.46. The summed E-state index contributed by atoms with van der Waals surface area (Å²) in [6, 6.07) is 7.97. The van der Waals surface area contributed by atoms with Crippen LogP contribution in [0.1, 0.15) is 15.9 Å². The molecule has 0 unspecified atom stereocenters. The van der Waals surface area contributed by atoms with Crippen molar-refractivity contribution in [3.63, 3.8) is 0 Å². The van der Waals surface area contributed by atoms with Crippen molar-refractivity contribution < 1.29 is 13.6 Å². The quantitative estimate of drug-likeness (QED) is 0.817. The molecule has 3 N–H and O–H groups in total. The molecule has 2 aromatic rings. The predicted octanol–water partition coefficient (Wildman–Crippen LogP) is 3.11. The van der Waals surface area contributed by atoms with E-state index in [1.165, 1.54) is 24.3 Å². The van der Waals surface area contributed by atoms with Crippen molar-refractivity contribution in [1.29, 1.82) is 0 Å². The molecule has 0 aliphatic carbocycles. The van der Waals surface area contributed by atoms with Gasteiger partial charge >= 0.3 is 0 Å². The summed E-state index contributed by atoms with van der Waals surface area (Å²) in [4.78, 5) is 11.9. The number of carbonyl (C=O) groups excluding carboxylic acids is 1. The number of benzene rings is 2. The monoisotopic (exact) mass is 262 g/mol. The first-order valence-corrected chi connectivity index (χ1v) is 5.60. The maximum absolute atomic E-state index is 13.5. The normalized spacial score (nSPS) is 10.3. The first-order valence-electron chi connectivity index (χ1n) is 5.60. The highest BCUT2D eigenvalue weighted by atomic mass is 19.1. The van der Waals surface area contributed by atoms with E-state index in [-0.39, 0.29) is 16.9 Å². The minimum Gasteiger partial charge on any atom is -0.396 e. The molecule has 0 aliphatic heterocycles. The van der Waals surface area contributed by atoms with Crippen molar-refractivity contribution in [3.05, 3.63) is 59.2 Å². The van der Waals surface area contributed by atoms with E-state index < -0.39 is 17.5 Å². The van der Waals surface area contributed by atoms with E-state index in [1.54, 1.807) is 13.0 Å². The van der Waals surface area contributed by atoms with Crippen LogP contribution in [-0.2, 0) is 0 Å². The SMILES string of the molecule is Cc1ccc(F)c(NC(=O)c2ccc(F)c(N)c2)c1. The van der Waals surface area contributed by atoms with Crippen LogP contribution < -0.4 is 11.1 Å². The summed E-state index contributed by atoms with van der Waals surface area (Å²) in [7, 11) is 0. The van der Waals surface area contributed by atoms with Crippen molar-refractivity contribution in [3.8, 4) is 0 Å². The van der Waals surface area contributed by atoms with E-state index in [2.05, 4.69) is 5.32 Å². The lowest BCUT2D eigenvalue weighted by Crippen LogP contribution is -2.13. The van der Waals surface area contributed by atoms with Gasteiger partial charge in [-0.2, -0.15) is 0 Å². The summed E-state index contributed by atoms with van der Waals surface area (Å²) >= 11 is 0. The van der Waals surface area contributed by atoms with Crippen LogP contribution >= 0.6 is 0 Å². The number of aryl methyl sites for hydroxylation is 1. The zero-order valence-corrected chi connectivity index (χ0v) is 10.2. The van der Waals surface area contributed by atoms with Gasteiger partial charge < -0.3 is 11.1 Å². The highest BCUT2D eigenvalue weighted by molar-refractivity contribution is 6.04. The van der Waals surface area contributed by atoms with Crippen molar-refractivity contribution >= 4 is 17.3 Å². The third-order valence-electron chi connectivity index (χ3n) is 2.63. The lowest BCUT2D eigenvalue weighted by atomic mass is 10.1. The minimum absolute atomic E-state index is 0.0768. The summed E-state index contributed by atoms with van der Waals surface area (Å²) < 4.78 is 26.5. The summed E-state index contributed by atoms with van der Waals surface area (Å²) in [5.74, 6) is -1.68. The Balaban J connectivity index is 2.25. The van der Waals surface area contributed by atoms with Crippen LogP contribution in [0.25, 0.3) is 0 Å². The van der Waals surface area contributed by atoms with E-state index in [4.69, 9.17) is 5.73 Å². The van der Waals surface area contributed by atoms with Crippen molar-refractivity contribution in [2.75, 3.05) is 11.1 Å². The van der Waals surface area contributed by atoms with Crippen molar-refractivity contribution in [2.45, 2.75) is 6.92 Å². The molecule has 0 bridgehead atoms. The number of nitrogens with one attached hydrogen (secondary N) is 1. The van der Waals surface area contributed by atoms with Gasteiger partial charge in [-0.3, -0.25) is 4.79 Å². The van der Waals surface area contributed by atoms with Gasteiger partial charge in [0.2, 0.25) is 0 Å². The summed E-state index contributed by atoms with van der Waals surface area (Å²) in [6.45, 7) is 1.78. The zero-order chi connectivity index (χ0) is 14.0. The molecule has 2 aromatic carbocycles. The van der Waals surface area contributed by atoms with Gasteiger partial charge in [-0.15, -0.1) is 0 Å². The number of nitrogens with two attached hydrogens (primary N) is 1. The second-order valence-corrected chi connectivity index (χ2v) is 4.17. The molecule has 0 atom stereocenters. The Morgan fingerprint density at radius 2 is 1.79 bits per heavy atom. The molecule has 0 saturated carbocycles. The fraction of sp³-hybridized carbons (Fsp3) is 0.0714. The van der Waals surface area contributed by atoms with Gasteiger partial charge in [-0.25, -0.2) is 8.78 Å². The molecular formula is C14H12F2N2O. The van der Waals surface area contributed by atoms with E-state index >= 15 is 0 Å².